The third-order valence-electron chi connectivity index (χ3n) is 3.67. The lowest BCUT2D eigenvalue weighted by atomic mass is 9.89. The molecule has 5 heteroatoms. The first-order valence-corrected chi connectivity index (χ1v) is 7.89. The molecule has 0 aromatic carbocycles. The molecule has 1 heterocycles. The minimum Gasteiger partial charge on any atom is -0.381 e. The van der Waals surface area contributed by atoms with Crippen LogP contribution in [-0.2, 0) is 9.47 Å². The number of ether oxygens (including phenoxy) is 2. The van der Waals surface area contributed by atoms with Gasteiger partial charge in [-0.15, -0.1) is 0 Å². The number of hydrogen-bond acceptors (Lipinski definition) is 3. The fraction of sp³-hybridized carbons (Fsp3) is 0.933. The summed E-state index contributed by atoms with van der Waals surface area (Å²) in [7, 11) is 0. The van der Waals surface area contributed by atoms with E-state index in [0.717, 1.165) is 64.4 Å². The summed E-state index contributed by atoms with van der Waals surface area (Å²) < 4.78 is 10.9. The predicted octanol–water partition coefficient (Wildman–Crippen LogP) is 1.39. The first-order chi connectivity index (χ1) is 9.72. The maximum absolute atomic E-state index is 5.62. The number of aliphatic imine (C=N–C) groups is 1. The van der Waals surface area contributed by atoms with E-state index < -0.39 is 0 Å². The average Bonchev–Trinajstić information content (AvgIpc) is 3.21. The molecule has 0 bridgehead atoms. The number of rotatable bonds is 9. The van der Waals surface area contributed by atoms with Gasteiger partial charge in [0.2, 0.25) is 0 Å². The summed E-state index contributed by atoms with van der Waals surface area (Å²) in [5.41, 5.74) is 0.232. The molecule has 5 nitrogen and oxygen atoms in total. The molecule has 1 saturated heterocycles. The predicted molar refractivity (Wildman–Crippen MR) is 81.1 cm³/mol. The summed E-state index contributed by atoms with van der Waals surface area (Å²) in [6.07, 6.45) is 3.74. The molecule has 2 N–H and O–H groups in total. The van der Waals surface area contributed by atoms with Crippen molar-refractivity contribution in [1.29, 1.82) is 0 Å². The van der Waals surface area contributed by atoms with Crippen molar-refractivity contribution in [2.24, 2.45) is 16.3 Å². The summed E-state index contributed by atoms with van der Waals surface area (Å²) >= 11 is 0. The van der Waals surface area contributed by atoms with E-state index in [9.17, 15) is 0 Å². The SMILES string of the molecule is CCNC(=NCC1(C)COC1)NCCCOCC1CC1. The van der Waals surface area contributed by atoms with Gasteiger partial charge in [0, 0.05) is 31.7 Å². The second-order valence-corrected chi connectivity index (χ2v) is 6.30. The van der Waals surface area contributed by atoms with Crippen LogP contribution in [0.1, 0.15) is 33.1 Å². The van der Waals surface area contributed by atoms with Crippen LogP contribution in [0.3, 0.4) is 0 Å². The summed E-state index contributed by atoms with van der Waals surface area (Å²) in [6, 6.07) is 0. The van der Waals surface area contributed by atoms with E-state index in [2.05, 4.69) is 29.5 Å². The lowest BCUT2D eigenvalue weighted by Gasteiger charge is -2.36. The second kappa shape index (κ2) is 7.84. The monoisotopic (exact) mass is 283 g/mol. The van der Waals surface area contributed by atoms with E-state index in [4.69, 9.17) is 9.47 Å². The first-order valence-electron chi connectivity index (χ1n) is 7.89. The molecule has 0 aromatic rings. The molecule has 0 unspecified atom stereocenters. The topological polar surface area (TPSA) is 54.9 Å². The average molecular weight is 283 g/mol. The molecule has 20 heavy (non-hydrogen) atoms. The minimum absolute atomic E-state index is 0.232. The molecule has 0 amide bonds. The summed E-state index contributed by atoms with van der Waals surface area (Å²) in [4.78, 5) is 4.64. The number of guanidine groups is 1. The number of nitrogens with one attached hydrogen (secondary N) is 2. The maximum Gasteiger partial charge on any atom is 0.191 e. The van der Waals surface area contributed by atoms with Crippen molar-refractivity contribution >= 4 is 5.96 Å². The molecular formula is C15H29N3O2. The second-order valence-electron chi connectivity index (χ2n) is 6.30. The Morgan fingerprint density at radius 1 is 1.35 bits per heavy atom. The van der Waals surface area contributed by atoms with Crippen molar-refractivity contribution in [3.05, 3.63) is 0 Å². The fourth-order valence-electron chi connectivity index (χ4n) is 2.07. The van der Waals surface area contributed by atoms with Crippen molar-refractivity contribution in [2.75, 3.05) is 46.1 Å². The quantitative estimate of drug-likeness (QED) is 0.381. The Balaban J connectivity index is 1.56. The zero-order chi connectivity index (χ0) is 14.3. The standard InChI is InChI=1S/C15H29N3O2/c1-3-16-14(18-10-15(2)11-20-12-15)17-7-4-8-19-9-13-5-6-13/h13H,3-12H2,1-2H3,(H2,16,17,18). The van der Waals surface area contributed by atoms with E-state index in [-0.39, 0.29) is 5.41 Å². The fourth-order valence-corrected chi connectivity index (χ4v) is 2.07. The van der Waals surface area contributed by atoms with Gasteiger partial charge in [0.15, 0.2) is 5.96 Å². The summed E-state index contributed by atoms with van der Waals surface area (Å²) in [5, 5.41) is 6.64. The van der Waals surface area contributed by atoms with Gasteiger partial charge in [-0.2, -0.15) is 0 Å². The van der Waals surface area contributed by atoms with Gasteiger partial charge in [-0.05, 0) is 32.1 Å². The zero-order valence-electron chi connectivity index (χ0n) is 12.9. The number of hydrogen-bond donors (Lipinski definition) is 2. The molecule has 0 radical (unpaired) electrons. The molecule has 116 valence electrons. The largest absolute Gasteiger partial charge is 0.381 e. The molecule has 0 atom stereocenters. The highest BCUT2D eigenvalue weighted by Gasteiger charge is 2.33. The molecular weight excluding hydrogens is 254 g/mol. The van der Waals surface area contributed by atoms with Gasteiger partial charge in [-0.3, -0.25) is 4.99 Å². The molecule has 2 aliphatic rings. The van der Waals surface area contributed by atoms with Gasteiger partial charge >= 0.3 is 0 Å². The molecule has 0 spiro atoms. The lowest BCUT2D eigenvalue weighted by Crippen LogP contribution is -2.44. The Hall–Kier alpha value is -0.810. The van der Waals surface area contributed by atoms with Crippen LogP contribution >= 0.6 is 0 Å². The van der Waals surface area contributed by atoms with Crippen molar-refractivity contribution in [3.8, 4) is 0 Å². The van der Waals surface area contributed by atoms with Crippen molar-refractivity contribution in [1.82, 2.24) is 10.6 Å². The smallest absolute Gasteiger partial charge is 0.191 e. The van der Waals surface area contributed by atoms with E-state index in [0.29, 0.717) is 0 Å². The highest BCUT2D eigenvalue weighted by Crippen LogP contribution is 2.28. The van der Waals surface area contributed by atoms with Crippen LogP contribution in [0.5, 0.6) is 0 Å². The van der Waals surface area contributed by atoms with Crippen molar-refractivity contribution in [3.63, 3.8) is 0 Å². The van der Waals surface area contributed by atoms with Crippen molar-refractivity contribution in [2.45, 2.75) is 33.1 Å². The molecule has 1 saturated carbocycles. The Morgan fingerprint density at radius 2 is 2.15 bits per heavy atom. The Labute approximate surface area is 122 Å². The Bertz CT molecular complexity index is 312. The van der Waals surface area contributed by atoms with E-state index >= 15 is 0 Å². The third-order valence-corrected chi connectivity index (χ3v) is 3.67. The summed E-state index contributed by atoms with van der Waals surface area (Å²) in [5.74, 6) is 1.76. The molecule has 1 aliphatic heterocycles. The molecule has 0 aromatic heterocycles. The maximum atomic E-state index is 5.62. The van der Waals surface area contributed by atoms with Crippen LogP contribution in [0.25, 0.3) is 0 Å². The lowest BCUT2D eigenvalue weighted by molar-refractivity contribution is -0.0945. The molecule has 1 aliphatic carbocycles. The van der Waals surface area contributed by atoms with Crippen molar-refractivity contribution < 1.29 is 9.47 Å². The van der Waals surface area contributed by atoms with Gasteiger partial charge in [-0.25, -0.2) is 0 Å². The highest BCUT2D eigenvalue weighted by atomic mass is 16.5. The third kappa shape index (κ3) is 5.67. The number of nitrogens with zero attached hydrogens (tertiary/aromatic N) is 1. The van der Waals surface area contributed by atoms with Gasteiger partial charge < -0.3 is 20.1 Å². The van der Waals surface area contributed by atoms with E-state index in [1.54, 1.807) is 0 Å². The Kier molecular flexibility index (Phi) is 6.10. The Morgan fingerprint density at radius 3 is 2.75 bits per heavy atom. The van der Waals surface area contributed by atoms with Crippen LogP contribution in [0.4, 0.5) is 0 Å². The van der Waals surface area contributed by atoms with Crippen LogP contribution < -0.4 is 10.6 Å². The zero-order valence-corrected chi connectivity index (χ0v) is 12.9. The molecule has 2 rings (SSSR count). The van der Waals surface area contributed by atoms with Gasteiger partial charge in [0.05, 0.1) is 19.8 Å². The van der Waals surface area contributed by atoms with E-state index in [1.165, 1.54) is 12.8 Å². The normalized spacial score (nSPS) is 21.4. The minimum atomic E-state index is 0.232. The van der Waals surface area contributed by atoms with Gasteiger partial charge in [-0.1, -0.05) is 6.92 Å². The van der Waals surface area contributed by atoms with Crippen LogP contribution in [0, 0.1) is 11.3 Å². The van der Waals surface area contributed by atoms with Gasteiger partial charge in [0.25, 0.3) is 0 Å². The highest BCUT2D eigenvalue weighted by molar-refractivity contribution is 5.79. The van der Waals surface area contributed by atoms with Gasteiger partial charge in [0.1, 0.15) is 0 Å². The van der Waals surface area contributed by atoms with E-state index in [1.807, 2.05) is 0 Å². The first kappa shape index (κ1) is 15.6. The van der Waals surface area contributed by atoms with Crippen LogP contribution in [0.15, 0.2) is 4.99 Å². The van der Waals surface area contributed by atoms with Crippen LogP contribution in [-0.4, -0.2) is 52.0 Å². The summed E-state index contributed by atoms with van der Waals surface area (Å²) in [6.45, 7) is 10.4. The van der Waals surface area contributed by atoms with Crippen LogP contribution in [0.2, 0.25) is 0 Å². The molecule has 2 fully saturated rings.